The number of nitrogens with zero attached hydrogens (tertiary/aromatic N) is 2. The summed E-state index contributed by atoms with van der Waals surface area (Å²) in [5.41, 5.74) is 1.01. The Morgan fingerprint density at radius 2 is 2.06 bits per heavy atom. The third-order valence-electron chi connectivity index (χ3n) is 6.69. The van der Waals surface area contributed by atoms with Crippen LogP contribution in [0.15, 0.2) is 39.9 Å². The van der Waals surface area contributed by atoms with Gasteiger partial charge in [-0.3, -0.25) is 9.52 Å². The maximum atomic E-state index is 13.3. The summed E-state index contributed by atoms with van der Waals surface area (Å²) in [5, 5.41) is 11.5. The molecule has 2 aliphatic rings. The molecule has 1 aromatic heterocycles. The fourth-order valence-corrected chi connectivity index (χ4v) is 6.50. The molecule has 8 nitrogen and oxygen atoms in total. The van der Waals surface area contributed by atoms with Gasteiger partial charge in [0.25, 0.3) is 10.0 Å². The molecule has 1 aromatic carbocycles. The number of sulfonamides is 1. The van der Waals surface area contributed by atoms with Crippen LogP contribution >= 0.6 is 11.3 Å². The van der Waals surface area contributed by atoms with Crippen molar-refractivity contribution in [2.75, 3.05) is 38.0 Å². The summed E-state index contributed by atoms with van der Waals surface area (Å²) in [6, 6.07) is 8.03. The number of aliphatic hydroxyl groups is 1. The lowest BCUT2D eigenvalue weighted by Crippen LogP contribution is -2.47. The van der Waals surface area contributed by atoms with Crippen LogP contribution < -0.4 is 9.46 Å². The Labute approximate surface area is 211 Å². The van der Waals surface area contributed by atoms with Gasteiger partial charge in [0.1, 0.15) is 16.1 Å². The minimum Gasteiger partial charge on any atom is -0.488 e. The van der Waals surface area contributed by atoms with Gasteiger partial charge in [-0.2, -0.15) is 0 Å². The van der Waals surface area contributed by atoms with Gasteiger partial charge in [-0.15, -0.1) is 11.3 Å². The Morgan fingerprint density at radius 3 is 2.71 bits per heavy atom. The third-order valence-corrected chi connectivity index (χ3v) is 9.47. The minimum absolute atomic E-state index is 0.0394. The fourth-order valence-electron chi connectivity index (χ4n) is 4.46. The number of fused-ring (bicyclic) bond motifs is 1. The molecule has 1 amide bonds. The van der Waals surface area contributed by atoms with Crippen molar-refractivity contribution in [3.8, 4) is 5.75 Å². The molecule has 2 N–H and O–H groups in total. The van der Waals surface area contributed by atoms with E-state index in [1.807, 2.05) is 6.92 Å². The molecule has 1 aliphatic heterocycles. The van der Waals surface area contributed by atoms with E-state index in [9.17, 15) is 18.3 Å². The SMILES string of the molecule is C[C@@H]1CN([C@@H](C)CO)C(=O)Cc2cc(NS(=O)(=O)c3cccs3)ccc2O[C@@H]1CN(C)CC1CC1. The van der Waals surface area contributed by atoms with E-state index < -0.39 is 10.0 Å². The second kappa shape index (κ2) is 10.9. The number of nitrogens with one attached hydrogen (secondary N) is 1. The van der Waals surface area contributed by atoms with Crippen molar-refractivity contribution >= 4 is 33.0 Å². The molecular formula is C25H35N3O5S2. The van der Waals surface area contributed by atoms with Gasteiger partial charge < -0.3 is 19.6 Å². The monoisotopic (exact) mass is 521 g/mol. The Kier molecular flexibility index (Phi) is 8.05. The number of benzene rings is 1. The second-order valence-corrected chi connectivity index (χ2v) is 12.8. The zero-order chi connectivity index (χ0) is 25.2. The van der Waals surface area contributed by atoms with Gasteiger partial charge in [-0.05, 0) is 62.4 Å². The number of likely N-dealkylation sites (N-methyl/N-ethyl adjacent to an activating group) is 1. The molecule has 0 spiro atoms. The smallest absolute Gasteiger partial charge is 0.271 e. The van der Waals surface area contributed by atoms with Crippen molar-refractivity contribution in [1.82, 2.24) is 9.80 Å². The van der Waals surface area contributed by atoms with Crippen molar-refractivity contribution in [2.24, 2.45) is 11.8 Å². The summed E-state index contributed by atoms with van der Waals surface area (Å²) in [5.74, 6) is 1.27. The summed E-state index contributed by atoms with van der Waals surface area (Å²) in [7, 11) is -1.61. The van der Waals surface area contributed by atoms with E-state index in [-0.39, 0.29) is 41.2 Å². The van der Waals surface area contributed by atoms with Gasteiger partial charge >= 0.3 is 0 Å². The maximum Gasteiger partial charge on any atom is 0.271 e. The van der Waals surface area contributed by atoms with Crippen LogP contribution in [0.4, 0.5) is 5.69 Å². The predicted molar refractivity (Wildman–Crippen MR) is 137 cm³/mol. The van der Waals surface area contributed by atoms with Crippen LogP contribution in [0.2, 0.25) is 0 Å². The molecule has 4 rings (SSSR count). The maximum absolute atomic E-state index is 13.3. The number of rotatable bonds is 9. The first-order chi connectivity index (χ1) is 16.7. The average molecular weight is 522 g/mol. The molecule has 1 fully saturated rings. The van der Waals surface area contributed by atoms with Crippen LogP contribution in [0.5, 0.6) is 5.75 Å². The molecule has 1 saturated carbocycles. The number of thiophene rings is 1. The third kappa shape index (κ3) is 6.55. The van der Waals surface area contributed by atoms with Crippen molar-refractivity contribution in [3.63, 3.8) is 0 Å². The molecule has 0 unspecified atom stereocenters. The first kappa shape index (κ1) is 25.9. The summed E-state index contributed by atoms with van der Waals surface area (Å²) in [6.45, 7) is 6.02. The van der Waals surface area contributed by atoms with Crippen LogP contribution in [0.3, 0.4) is 0 Å². The highest BCUT2D eigenvalue weighted by molar-refractivity contribution is 7.94. The van der Waals surface area contributed by atoms with E-state index in [1.54, 1.807) is 40.6 Å². The standard InChI is InChI=1S/C25H35N3O5S2/c1-17-13-28(18(2)16-29)24(30)12-20-11-21(26-35(31,32)25-5-4-10-34-25)8-9-22(20)33-23(17)15-27(3)14-19-6-7-19/h4-5,8-11,17-19,23,26,29H,6-7,12-16H2,1-3H3/t17-,18+,23-/m1/s1. The number of hydrogen-bond acceptors (Lipinski definition) is 7. The van der Waals surface area contributed by atoms with Crippen molar-refractivity contribution in [3.05, 3.63) is 41.3 Å². The van der Waals surface area contributed by atoms with E-state index in [1.165, 1.54) is 12.8 Å². The lowest BCUT2D eigenvalue weighted by molar-refractivity contribution is -0.134. The van der Waals surface area contributed by atoms with Crippen molar-refractivity contribution in [1.29, 1.82) is 0 Å². The first-order valence-corrected chi connectivity index (χ1v) is 14.5. The lowest BCUT2D eigenvalue weighted by Gasteiger charge is -2.34. The van der Waals surface area contributed by atoms with Crippen LogP contribution in [0, 0.1) is 11.8 Å². The van der Waals surface area contributed by atoms with E-state index in [4.69, 9.17) is 4.74 Å². The Morgan fingerprint density at radius 1 is 1.29 bits per heavy atom. The van der Waals surface area contributed by atoms with Gasteiger partial charge in [0, 0.05) is 36.8 Å². The number of anilines is 1. The Hall–Kier alpha value is -2.14. The molecule has 0 saturated heterocycles. The quantitative estimate of drug-likeness (QED) is 0.526. The van der Waals surface area contributed by atoms with E-state index >= 15 is 0 Å². The second-order valence-electron chi connectivity index (χ2n) is 9.91. The van der Waals surface area contributed by atoms with E-state index in [2.05, 4.69) is 23.6 Å². The van der Waals surface area contributed by atoms with Crippen LogP contribution in [0.1, 0.15) is 32.3 Å². The van der Waals surface area contributed by atoms with Gasteiger partial charge in [-0.25, -0.2) is 8.42 Å². The Balaban J connectivity index is 1.63. The zero-order valence-electron chi connectivity index (χ0n) is 20.5. The molecule has 10 heteroatoms. The number of ether oxygens (including phenoxy) is 1. The summed E-state index contributed by atoms with van der Waals surface area (Å²) in [4.78, 5) is 17.3. The molecule has 192 valence electrons. The van der Waals surface area contributed by atoms with Crippen LogP contribution in [0.25, 0.3) is 0 Å². The number of amides is 1. The molecule has 3 atom stereocenters. The minimum atomic E-state index is -3.71. The normalized spacial score (nSPS) is 22.1. The molecular weight excluding hydrogens is 486 g/mol. The zero-order valence-corrected chi connectivity index (χ0v) is 22.1. The largest absolute Gasteiger partial charge is 0.488 e. The number of carbonyl (C=O) groups excluding carboxylic acids is 1. The molecule has 0 bridgehead atoms. The molecule has 35 heavy (non-hydrogen) atoms. The van der Waals surface area contributed by atoms with Crippen LogP contribution in [-0.4, -0.2) is 74.7 Å². The highest BCUT2D eigenvalue weighted by Crippen LogP contribution is 2.32. The van der Waals surface area contributed by atoms with Crippen molar-refractivity contribution in [2.45, 2.75) is 49.5 Å². The number of aliphatic hydroxyl groups excluding tert-OH is 1. The summed E-state index contributed by atoms with van der Waals surface area (Å²) in [6.07, 6.45) is 2.44. The van der Waals surface area contributed by atoms with Gasteiger partial charge in [0.15, 0.2) is 0 Å². The number of hydrogen-bond donors (Lipinski definition) is 2. The fraction of sp³-hybridized carbons (Fsp3) is 0.560. The van der Waals surface area contributed by atoms with Gasteiger partial charge in [-0.1, -0.05) is 13.0 Å². The summed E-state index contributed by atoms with van der Waals surface area (Å²) >= 11 is 1.14. The number of carbonyl (C=O) groups is 1. The average Bonchev–Trinajstić information content (AvgIpc) is 3.42. The van der Waals surface area contributed by atoms with Crippen LogP contribution in [-0.2, 0) is 21.2 Å². The molecule has 2 heterocycles. The van der Waals surface area contributed by atoms with Gasteiger partial charge in [0.2, 0.25) is 5.91 Å². The highest BCUT2D eigenvalue weighted by atomic mass is 32.2. The van der Waals surface area contributed by atoms with Gasteiger partial charge in [0.05, 0.1) is 19.1 Å². The Bertz CT molecular complexity index is 1120. The molecule has 2 aromatic rings. The highest BCUT2D eigenvalue weighted by Gasteiger charge is 2.32. The molecule has 1 aliphatic carbocycles. The lowest BCUT2D eigenvalue weighted by atomic mass is 10.0. The predicted octanol–water partition coefficient (Wildman–Crippen LogP) is 3.04. The van der Waals surface area contributed by atoms with E-state index in [0.717, 1.165) is 30.3 Å². The topological polar surface area (TPSA) is 99.2 Å². The van der Waals surface area contributed by atoms with Crippen molar-refractivity contribution < 1.29 is 23.1 Å². The summed E-state index contributed by atoms with van der Waals surface area (Å²) < 4.78 is 34.8. The first-order valence-electron chi connectivity index (χ1n) is 12.1. The van der Waals surface area contributed by atoms with E-state index in [0.29, 0.717) is 23.5 Å². The molecule has 0 radical (unpaired) electrons.